The maximum Gasteiger partial charge on any atom is 0.410 e. The summed E-state index contributed by atoms with van der Waals surface area (Å²) in [5.41, 5.74) is -0.326. The molecule has 1 aromatic heterocycles. The van der Waals surface area contributed by atoms with Crippen LogP contribution in [-0.4, -0.2) is 41.2 Å². The molecule has 1 fully saturated rings. The minimum atomic E-state index is -0.431. The number of nitrogens with one attached hydrogen (secondary N) is 1. The van der Waals surface area contributed by atoms with Crippen LogP contribution in [-0.2, 0) is 11.3 Å². The summed E-state index contributed by atoms with van der Waals surface area (Å²) in [7, 11) is 0. The van der Waals surface area contributed by atoms with Gasteiger partial charge in [-0.1, -0.05) is 6.92 Å². The quantitative estimate of drug-likeness (QED) is 0.929. The molecule has 1 unspecified atom stereocenters. The van der Waals surface area contributed by atoms with Gasteiger partial charge in [-0.05, 0) is 32.6 Å². The number of hydrogen-bond donors (Lipinski definition) is 1. The van der Waals surface area contributed by atoms with E-state index in [-0.39, 0.29) is 11.5 Å². The summed E-state index contributed by atoms with van der Waals surface area (Å²) in [6.07, 6.45) is 2.62. The highest BCUT2D eigenvalue weighted by atomic mass is 32.1. The lowest BCUT2D eigenvalue weighted by molar-refractivity contribution is 0.0275. The van der Waals surface area contributed by atoms with Gasteiger partial charge < -0.3 is 15.0 Å². The summed E-state index contributed by atoms with van der Waals surface area (Å²) >= 11 is 1.66. The molecular formula is C15H25N3O2S. The molecule has 1 saturated heterocycles. The minimum absolute atomic E-state index is 0.105. The lowest BCUT2D eigenvalue weighted by Crippen LogP contribution is -2.39. The number of hydrogen-bond acceptors (Lipinski definition) is 5. The Morgan fingerprint density at radius 1 is 1.57 bits per heavy atom. The van der Waals surface area contributed by atoms with Crippen LogP contribution in [0.25, 0.3) is 0 Å². The van der Waals surface area contributed by atoms with Crippen molar-refractivity contribution in [2.75, 3.05) is 19.6 Å². The van der Waals surface area contributed by atoms with Gasteiger partial charge in [0.25, 0.3) is 0 Å². The Balaban J connectivity index is 1.78. The Hall–Kier alpha value is -1.14. The van der Waals surface area contributed by atoms with Crippen molar-refractivity contribution in [3.05, 3.63) is 16.6 Å². The van der Waals surface area contributed by atoms with Crippen LogP contribution in [0, 0.1) is 5.41 Å². The molecule has 1 N–H and O–H groups in total. The zero-order valence-electron chi connectivity index (χ0n) is 13.3. The number of aromatic nitrogens is 1. The molecule has 0 aliphatic carbocycles. The van der Waals surface area contributed by atoms with Crippen molar-refractivity contribution in [2.24, 2.45) is 5.41 Å². The second-order valence-corrected chi connectivity index (χ2v) is 7.97. The van der Waals surface area contributed by atoms with Crippen LogP contribution in [0.15, 0.2) is 11.6 Å². The third kappa shape index (κ3) is 4.97. The van der Waals surface area contributed by atoms with Gasteiger partial charge in [-0.15, -0.1) is 11.3 Å². The zero-order chi connectivity index (χ0) is 15.5. The Morgan fingerprint density at radius 3 is 2.95 bits per heavy atom. The molecule has 5 nitrogen and oxygen atoms in total. The van der Waals surface area contributed by atoms with E-state index in [2.05, 4.69) is 17.2 Å². The molecule has 6 heteroatoms. The van der Waals surface area contributed by atoms with Crippen molar-refractivity contribution in [3.8, 4) is 0 Å². The fraction of sp³-hybridized carbons (Fsp3) is 0.733. The summed E-state index contributed by atoms with van der Waals surface area (Å²) in [5, 5.41) is 6.53. The van der Waals surface area contributed by atoms with Crippen LogP contribution >= 0.6 is 11.3 Å². The molecule has 21 heavy (non-hydrogen) atoms. The molecule has 0 bridgehead atoms. The number of ether oxygens (including phenoxy) is 1. The number of nitrogens with zero attached hydrogens (tertiary/aromatic N) is 2. The SMILES string of the molecule is CC1(CNCc2nccs2)CCN(C(=O)OC(C)(C)C)C1. The third-order valence-corrected chi connectivity index (χ3v) is 4.30. The Labute approximate surface area is 130 Å². The first-order valence-corrected chi connectivity index (χ1v) is 8.22. The molecule has 0 spiro atoms. The average Bonchev–Trinajstić information content (AvgIpc) is 2.97. The molecule has 118 valence electrons. The predicted molar refractivity (Wildman–Crippen MR) is 84.4 cm³/mol. The Bertz CT molecular complexity index is 470. The Kier molecular flexibility index (Phi) is 4.88. The van der Waals surface area contributed by atoms with Crippen molar-refractivity contribution in [2.45, 2.75) is 46.3 Å². The molecule has 1 aliphatic rings. The second kappa shape index (κ2) is 6.32. The van der Waals surface area contributed by atoms with Gasteiger partial charge in [-0.25, -0.2) is 9.78 Å². The summed E-state index contributed by atoms with van der Waals surface area (Å²) in [6.45, 7) is 11.1. The van der Waals surface area contributed by atoms with Crippen molar-refractivity contribution in [1.82, 2.24) is 15.2 Å². The fourth-order valence-electron chi connectivity index (χ4n) is 2.46. The van der Waals surface area contributed by atoms with Crippen molar-refractivity contribution in [3.63, 3.8) is 0 Å². The van der Waals surface area contributed by atoms with Crippen molar-refractivity contribution >= 4 is 17.4 Å². The van der Waals surface area contributed by atoms with E-state index >= 15 is 0 Å². The number of carbonyl (C=O) groups is 1. The van der Waals surface area contributed by atoms with Crippen LogP contribution in [0.2, 0.25) is 0 Å². The normalized spacial score (nSPS) is 22.6. The third-order valence-electron chi connectivity index (χ3n) is 3.52. The summed E-state index contributed by atoms with van der Waals surface area (Å²) in [6, 6.07) is 0. The van der Waals surface area contributed by atoms with Gasteiger partial charge in [0.1, 0.15) is 10.6 Å². The number of rotatable bonds is 4. The largest absolute Gasteiger partial charge is 0.444 e. The number of thiazole rings is 1. The predicted octanol–water partition coefficient (Wildman–Crippen LogP) is 2.88. The van der Waals surface area contributed by atoms with E-state index in [0.717, 1.165) is 37.6 Å². The van der Waals surface area contributed by atoms with Gasteiger partial charge in [0.2, 0.25) is 0 Å². The lowest BCUT2D eigenvalue weighted by atomic mass is 9.90. The first-order valence-electron chi connectivity index (χ1n) is 7.34. The van der Waals surface area contributed by atoms with Gasteiger partial charge in [-0.3, -0.25) is 0 Å². The highest BCUT2D eigenvalue weighted by molar-refractivity contribution is 7.09. The van der Waals surface area contributed by atoms with E-state index in [1.54, 1.807) is 11.3 Å². The average molecular weight is 311 g/mol. The summed E-state index contributed by atoms with van der Waals surface area (Å²) in [4.78, 5) is 18.2. The topological polar surface area (TPSA) is 54.5 Å². The number of amides is 1. The smallest absolute Gasteiger partial charge is 0.410 e. The molecule has 0 radical (unpaired) electrons. The van der Waals surface area contributed by atoms with Crippen molar-refractivity contribution in [1.29, 1.82) is 0 Å². The maximum atomic E-state index is 12.1. The summed E-state index contributed by atoms with van der Waals surface area (Å²) < 4.78 is 5.44. The van der Waals surface area contributed by atoms with E-state index < -0.39 is 5.60 Å². The van der Waals surface area contributed by atoms with Gasteiger partial charge in [-0.2, -0.15) is 0 Å². The molecule has 1 aromatic rings. The van der Waals surface area contributed by atoms with E-state index in [9.17, 15) is 4.79 Å². The van der Waals surface area contributed by atoms with E-state index in [0.29, 0.717) is 0 Å². The van der Waals surface area contributed by atoms with E-state index in [1.807, 2.05) is 37.2 Å². The highest BCUT2D eigenvalue weighted by Gasteiger charge is 2.37. The monoisotopic (exact) mass is 311 g/mol. The zero-order valence-corrected chi connectivity index (χ0v) is 14.1. The van der Waals surface area contributed by atoms with Gasteiger partial charge >= 0.3 is 6.09 Å². The van der Waals surface area contributed by atoms with Crippen molar-refractivity contribution < 1.29 is 9.53 Å². The van der Waals surface area contributed by atoms with Crippen LogP contribution in [0.4, 0.5) is 4.79 Å². The Morgan fingerprint density at radius 2 is 2.33 bits per heavy atom. The molecule has 1 atom stereocenters. The molecule has 2 heterocycles. The molecule has 1 amide bonds. The van der Waals surface area contributed by atoms with Gasteiger partial charge in [0.05, 0.1) is 0 Å². The standard InChI is InChI=1S/C15H25N3O2S/c1-14(2,3)20-13(19)18-7-5-15(4,11-18)10-16-9-12-17-6-8-21-12/h6,8,16H,5,7,9-11H2,1-4H3. The molecule has 0 aromatic carbocycles. The van der Waals surface area contributed by atoms with Gasteiger partial charge in [0.15, 0.2) is 0 Å². The first-order chi connectivity index (χ1) is 9.77. The second-order valence-electron chi connectivity index (χ2n) is 6.99. The fourth-order valence-corrected chi connectivity index (χ4v) is 3.05. The summed E-state index contributed by atoms with van der Waals surface area (Å²) in [5.74, 6) is 0. The van der Waals surface area contributed by atoms with E-state index in [4.69, 9.17) is 4.74 Å². The molecule has 0 saturated carbocycles. The molecular weight excluding hydrogens is 286 g/mol. The minimum Gasteiger partial charge on any atom is -0.444 e. The first kappa shape index (κ1) is 16.2. The van der Waals surface area contributed by atoms with Crippen LogP contribution in [0.3, 0.4) is 0 Å². The van der Waals surface area contributed by atoms with Gasteiger partial charge in [0, 0.05) is 37.8 Å². The number of carbonyl (C=O) groups excluding carboxylic acids is 1. The van der Waals surface area contributed by atoms with Crippen LogP contribution < -0.4 is 5.32 Å². The van der Waals surface area contributed by atoms with Crippen LogP contribution in [0.1, 0.15) is 39.1 Å². The highest BCUT2D eigenvalue weighted by Crippen LogP contribution is 2.30. The molecule has 2 rings (SSSR count). The van der Waals surface area contributed by atoms with Crippen LogP contribution in [0.5, 0.6) is 0 Å². The maximum absolute atomic E-state index is 12.1. The van der Waals surface area contributed by atoms with E-state index in [1.165, 1.54) is 0 Å². The lowest BCUT2D eigenvalue weighted by Gasteiger charge is -2.27. The number of likely N-dealkylation sites (tertiary alicyclic amines) is 1. The molecule has 1 aliphatic heterocycles.